The lowest BCUT2D eigenvalue weighted by Gasteiger charge is -2.06. The number of aromatic nitrogens is 2. The van der Waals surface area contributed by atoms with E-state index in [0.29, 0.717) is 28.8 Å². The van der Waals surface area contributed by atoms with Crippen LogP contribution in [-0.4, -0.2) is 81.8 Å². The van der Waals surface area contributed by atoms with E-state index in [9.17, 15) is 45.5 Å². The average molecular weight is 654 g/mol. The van der Waals surface area contributed by atoms with Gasteiger partial charge >= 0.3 is 36.2 Å². The van der Waals surface area contributed by atoms with Crippen molar-refractivity contribution in [1.29, 1.82) is 0 Å². The molecule has 3 rings (SSSR count). The molecule has 0 saturated carbocycles. The molecule has 3 aromatic rings. The van der Waals surface area contributed by atoms with Crippen LogP contribution in [0.25, 0.3) is 11.4 Å². The number of amidine groups is 1. The highest BCUT2D eigenvalue weighted by Crippen LogP contribution is 2.24. The number of carbonyl (C=O) groups excluding carboxylic acids is 2. The number of oxime groups is 1. The number of ether oxygens (including phenoxy) is 3. The largest absolute Gasteiger partial charge is 0.497 e. The van der Waals surface area contributed by atoms with E-state index >= 15 is 0 Å². The number of hydrogen-bond acceptors (Lipinski definition) is 12. The van der Waals surface area contributed by atoms with Gasteiger partial charge in [-0.1, -0.05) is 10.3 Å². The van der Waals surface area contributed by atoms with E-state index in [4.69, 9.17) is 35.2 Å². The number of alkyl halides is 6. The number of carbonyl (C=O) groups is 4. The summed E-state index contributed by atoms with van der Waals surface area (Å²) in [7, 11) is 2.86. The van der Waals surface area contributed by atoms with Crippen LogP contribution in [0.15, 0.2) is 46.1 Å². The Balaban J connectivity index is 0.000000342. The van der Waals surface area contributed by atoms with Crippen molar-refractivity contribution in [3.8, 4) is 22.9 Å². The molecule has 0 fully saturated rings. The van der Waals surface area contributed by atoms with Gasteiger partial charge in [-0.3, -0.25) is 0 Å². The van der Waals surface area contributed by atoms with Crippen molar-refractivity contribution >= 4 is 29.7 Å². The lowest BCUT2D eigenvalue weighted by Crippen LogP contribution is -2.34. The molecular weight excluding hydrogens is 634 g/mol. The van der Waals surface area contributed by atoms with Crippen LogP contribution in [0.5, 0.6) is 11.5 Å². The van der Waals surface area contributed by atoms with Crippen LogP contribution >= 0.6 is 0 Å². The summed E-state index contributed by atoms with van der Waals surface area (Å²) in [6.45, 7) is 1.66. The molecule has 0 aliphatic heterocycles. The second-order valence-corrected chi connectivity index (χ2v) is 7.81. The fraction of sp³-hybridized carbons (Fsp3) is 0.208. The van der Waals surface area contributed by atoms with Gasteiger partial charge in [-0.25, -0.2) is 19.2 Å². The van der Waals surface area contributed by atoms with Gasteiger partial charge in [0.05, 0.1) is 25.3 Å². The Kier molecular flexibility index (Phi) is 12.8. The quantitative estimate of drug-likeness (QED) is 0.0567. The molecule has 21 heteroatoms. The summed E-state index contributed by atoms with van der Waals surface area (Å²) < 4.78 is 84.4. The third-order valence-corrected chi connectivity index (χ3v) is 4.62. The van der Waals surface area contributed by atoms with Crippen molar-refractivity contribution in [2.45, 2.75) is 19.3 Å². The number of hydrogen-bond donors (Lipinski definition) is 4. The minimum atomic E-state index is -5.62. The van der Waals surface area contributed by atoms with Crippen LogP contribution in [0.4, 0.5) is 26.3 Å². The van der Waals surface area contributed by atoms with E-state index in [2.05, 4.69) is 20.0 Å². The van der Waals surface area contributed by atoms with Crippen molar-refractivity contribution in [3.63, 3.8) is 0 Å². The normalized spacial score (nSPS) is 11.2. The molecule has 0 aliphatic carbocycles. The van der Waals surface area contributed by atoms with Gasteiger partial charge < -0.3 is 39.9 Å². The number of benzene rings is 2. The molecule has 45 heavy (non-hydrogen) atoms. The highest BCUT2D eigenvalue weighted by Gasteiger charge is 2.49. The van der Waals surface area contributed by atoms with Crippen LogP contribution in [0.1, 0.15) is 32.2 Å². The van der Waals surface area contributed by atoms with Gasteiger partial charge in [0, 0.05) is 18.1 Å². The maximum atomic E-state index is 11.2. The summed E-state index contributed by atoms with van der Waals surface area (Å²) in [6, 6.07) is 8.66. The van der Waals surface area contributed by atoms with E-state index in [1.54, 1.807) is 13.0 Å². The molecule has 1 aromatic heterocycles. The second kappa shape index (κ2) is 15.5. The molecular formula is C24H20F6N4O11. The molecule has 0 atom stereocenters. The van der Waals surface area contributed by atoms with E-state index in [1.165, 1.54) is 44.6 Å². The first-order chi connectivity index (χ1) is 20.7. The van der Waals surface area contributed by atoms with Gasteiger partial charge in [0.15, 0.2) is 5.84 Å². The zero-order valence-corrected chi connectivity index (χ0v) is 22.8. The molecule has 0 bridgehead atoms. The third-order valence-electron chi connectivity index (χ3n) is 4.62. The second-order valence-electron chi connectivity index (χ2n) is 7.81. The first kappa shape index (κ1) is 37.1. The van der Waals surface area contributed by atoms with Crippen molar-refractivity contribution in [3.05, 3.63) is 59.0 Å². The maximum Gasteiger partial charge on any atom is 0.491 e. The van der Waals surface area contributed by atoms with E-state index in [1.807, 2.05) is 0 Å². The number of aryl methyl sites for hydroxylation is 1. The van der Waals surface area contributed by atoms with Gasteiger partial charge in [-0.05, 0) is 36.4 Å². The van der Waals surface area contributed by atoms with Crippen LogP contribution in [0.2, 0.25) is 0 Å². The van der Waals surface area contributed by atoms with Gasteiger partial charge in [-0.15, -0.1) is 0 Å². The number of aromatic carboxylic acids is 2. The SMILES string of the molecule is COc1cc(C(=O)O)cc(-c2noc(C)n2)c1.COc1cc(C(=O)O)cc(/C(N)=N/O)c1.O=C(OC(=O)C(F)(F)F)C(F)(F)F. The molecule has 0 spiro atoms. The zero-order valence-electron chi connectivity index (χ0n) is 22.8. The highest BCUT2D eigenvalue weighted by atomic mass is 19.4. The molecule has 5 N–H and O–H groups in total. The summed E-state index contributed by atoms with van der Waals surface area (Å²) in [4.78, 5) is 45.0. The van der Waals surface area contributed by atoms with Crippen LogP contribution in [0, 0.1) is 6.92 Å². The standard InChI is InChI=1S/C11H10N2O4.C9H10N2O4.C4F6O3/c1-6-12-10(13-17-6)7-3-8(11(14)15)5-9(4-7)16-2;1-15-7-3-5(8(10)11-14)2-6(4-7)9(12)13;5-3(6,7)1(11)13-2(12)4(8,9)10/h3-5H,1-2H3,(H,14,15);2-4,14H,1H3,(H2,10,11)(H,12,13);. The van der Waals surface area contributed by atoms with Crippen LogP contribution in [-0.2, 0) is 14.3 Å². The lowest BCUT2D eigenvalue weighted by molar-refractivity contribution is -0.221. The first-order valence-electron chi connectivity index (χ1n) is 11.3. The van der Waals surface area contributed by atoms with Crippen molar-refractivity contribution in [2.75, 3.05) is 14.2 Å². The molecule has 244 valence electrons. The number of methoxy groups -OCH3 is 2. The van der Waals surface area contributed by atoms with E-state index < -0.39 is 36.2 Å². The van der Waals surface area contributed by atoms with Crippen LogP contribution < -0.4 is 15.2 Å². The first-order valence-corrected chi connectivity index (χ1v) is 11.3. The number of nitrogens with zero attached hydrogens (tertiary/aromatic N) is 3. The fourth-order valence-corrected chi connectivity index (χ4v) is 2.63. The Hall–Kier alpha value is -5.89. The number of rotatable bonds is 6. The molecule has 15 nitrogen and oxygen atoms in total. The van der Waals surface area contributed by atoms with Crippen LogP contribution in [0.3, 0.4) is 0 Å². The minimum absolute atomic E-state index is 0.0101. The smallest absolute Gasteiger partial charge is 0.491 e. The molecule has 2 aromatic carbocycles. The zero-order chi connectivity index (χ0) is 34.7. The Morgan fingerprint density at radius 3 is 1.62 bits per heavy atom. The van der Waals surface area contributed by atoms with Crippen molar-refractivity contribution in [1.82, 2.24) is 10.1 Å². The molecule has 0 saturated heterocycles. The number of halogens is 6. The molecule has 0 aliphatic rings. The minimum Gasteiger partial charge on any atom is -0.497 e. The summed E-state index contributed by atoms with van der Waals surface area (Å²) in [6.07, 6.45) is -11.2. The fourth-order valence-electron chi connectivity index (χ4n) is 2.63. The van der Waals surface area contributed by atoms with E-state index in [-0.39, 0.29) is 22.5 Å². The Morgan fingerprint density at radius 2 is 1.24 bits per heavy atom. The Bertz CT molecular complexity index is 1550. The maximum absolute atomic E-state index is 11.2. The van der Waals surface area contributed by atoms with Crippen molar-refractivity contribution in [2.24, 2.45) is 10.9 Å². The monoisotopic (exact) mass is 654 g/mol. The predicted molar refractivity (Wildman–Crippen MR) is 134 cm³/mol. The lowest BCUT2D eigenvalue weighted by atomic mass is 10.1. The van der Waals surface area contributed by atoms with Gasteiger partial charge in [0.2, 0.25) is 11.7 Å². The topological polar surface area (TPSA) is 234 Å². The Labute approximate surface area is 246 Å². The summed E-state index contributed by atoms with van der Waals surface area (Å²) in [5.74, 6) is -7.20. The highest BCUT2D eigenvalue weighted by molar-refractivity contribution is 6.00. The van der Waals surface area contributed by atoms with Gasteiger partial charge in [-0.2, -0.15) is 31.3 Å². The number of carboxylic acids is 2. The predicted octanol–water partition coefficient (Wildman–Crippen LogP) is 3.42. The average Bonchev–Trinajstić information content (AvgIpc) is 3.41. The van der Waals surface area contributed by atoms with Gasteiger partial charge in [0.1, 0.15) is 11.5 Å². The summed E-state index contributed by atoms with van der Waals surface area (Å²) in [5, 5.41) is 32.7. The van der Waals surface area contributed by atoms with Gasteiger partial charge in [0.25, 0.3) is 0 Å². The van der Waals surface area contributed by atoms with E-state index in [0.717, 1.165) is 0 Å². The number of nitrogens with two attached hydrogens (primary N) is 1. The summed E-state index contributed by atoms with van der Waals surface area (Å²) in [5.41, 5.74) is 6.29. The molecule has 0 amide bonds. The Morgan fingerprint density at radius 1 is 0.800 bits per heavy atom. The number of esters is 2. The summed E-state index contributed by atoms with van der Waals surface area (Å²) >= 11 is 0. The molecule has 1 heterocycles. The van der Waals surface area contributed by atoms with Crippen molar-refractivity contribution < 1.29 is 79.7 Å². The molecule has 0 unspecified atom stereocenters. The molecule has 0 radical (unpaired) electrons. The number of carboxylic acid groups (broad SMARTS) is 2. The third kappa shape index (κ3) is 11.7.